The second kappa shape index (κ2) is 6.61. The van der Waals surface area contributed by atoms with Crippen molar-refractivity contribution in [3.63, 3.8) is 0 Å². The SMILES string of the molecule is CCC(NC)C(C)c1nc(Cc2cccc(F)c2)no1. The Hall–Kier alpha value is -1.75. The molecule has 0 radical (unpaired) electrons. The zero-order valence-corrected chi connectivity index (χ0v) is 12.1. The van der Waals surface area contributed by atoms with Crippen molar-refractivity contribution < 1.29 is 8.91 Å². The minimum absolute atomic E-state index is 0.152. The van der Waals surface area contributed by atoms with E-state index in [4.69, 9.17) is 4.52 Å². The van der Waals surface area contributed by atoms with Gasteiger partial charge in [0.05, 0.1) is 5.92 Å². The summed E-state index contributed by atoms with van der Waals surface area (Å²) in [6, 6.07) is 6.75. The second-order valence-corrected chi connectivity index (χ2v) is 4.95. The Morgan fingerprint density at radius 1 is 1.40 bits per heavy atom. The fraction of sp³-hybridized carbons (Fsp3) is 0.467. The molecule has 20 heavy (non-hydrogen) atoms. The third kappa shape index (κ3) is 3.42. The highest BCUT2D eigenvalue weighted by Gasteiger charge is 2.21. The first kappa shape index (κ1) is 14.7. The van der Waals surface area contributed by atoms with Crippen molar-refractivity contribution in [1.29, 1.82) is 0 Å². The number of likely N-dealkylation sites (N-methyl/N-ethyl adjacent to an activating group) is 1. The van der Waals surface area contributed by atoms with Crippen LogP contribution in [0.1, 0.15) is 43.5 Å². The maximum Gasteiger partial charge on any atom is 0.231 e. The maximum atomic E-state index is 13.1. The smallest absolute Gasteiger partial charge is 0.231 e. The summed E-state index contributed by atoms with van der Waals surface area (Å²) in [7, 11) is 1.93. The molecule has 2 rings (SSSR count). The Bertz CT molecular complexity index is 552. The van der Waals surface area contributed by atoms with E-state index in [1.807, 2.05) is 13.1 Å². The summed E-state index contributed by atoms with van der Waals surface area (Å²) < 4.78 is 18.4. The van der Waals surface area contributed by atoms with Crippen LogP contribution in [0.4, 0.5) is 4.39 Å². The average molecular weight is 277 g/mol. The van der Waals surface area contributed by atoms with Crippen molar-refractivity contribution in [3.05, 3.63) is 47.4 Å². The van der Waals surface area contributed by atoms with Gasteiger partial charge in [-0.1, -0.05) is 31.1 Å². The van der Waals surface area contributed by atoms with Crippen molar-refractivity contribution >= 4 is 0 Å². The van der Waals surface area contributed by atoms with Crippen molar-refractivity contribution in [2.24, 2.45) is 0 Å². The summed E-state index contributed by atoms with van der Waals surface area (Å²) in [6.45, 7) is 4.17. The molecular weight excluding hydrogens is 257 g/mol. The normalized spacial score (nSPS) is 14.2. The number of hydrogen-bond donors (Lipinski definition) is 1. The Kier molecular flexibility index (Phi) is 4.84. The molecule has 2 atom stereocenters. The fourth-order valence-corrected chi connectivity index (χ4v) is 2.33. The molecule has 0 spiro atoms. The van der Waals surface area contributed by atoms with Gasteiger partial charge < -0.3 is 9.84 Å². The van der Waals surface area contributed by atoms with E-state index >= 15 is 0 Å². The van der Waals surface area contributed by atoms with Gasteiger partial charge in [0.15, 0.2) is 5.82 Å². The molecule has 0 aliphatic carbocycles. The third-order valence-corrected chi connectivity index (χ3v) is 3.54. The molecule has 108 valence electrons. The van der Waals surface area contributed by atoms with E-state index in [1.54, 1.807) is 6.07 Å². The predicted octanol–water partition coefficient (Wildman–Crippen LogP) is 2.90. The number of halogens is 1. The number of benzene rings is 1. The molecule has 2 aromatic rings. The molecule has 0 saturated heterocycles. The summed E-state index contributed by atoms with van der Waals surface area (Å²) in [5.41, 5.74) is 0.839. The van der Waals surface area contributed by atoms with Gasteiger partial charge in [0.2, 0.25) is 5.89 Å². The van der Waals surface area contributed by atoms with Crippen molar-refractivity contribution in [2.75, 3.05) is 7.05 Å². The quantitative estimate of drug-likeness (QED) is 0.882. The van der Waals surface area contributed by atoms with Gasteiger partial charge in [-0.25, -0.2) is 4.39 Å². The van der Waals surface area contributed by atoms with Crippen LogP contribution < -0.4 is 5.32 Å². The van der Waals surface area contributed by atoms with Crippen LogP contribution in [0.2, 0.25) is 0 Å². The number of rotatable bonds is 6. The van der Waals surface area contributed by atoms with E-state index < -0.39 is 0 Å². The van der Waals surface area contributed by atoms with Gasteiger partial charge in [-0.3, -0.25) is 0 Å². The zero-order valence-electron chi connectivity index (χ0n) is 12.1. The molecule has 0 aliphatic rings. The van der Waals surface area contributed by atoms with Crippen molar-refractivity contribution in [3.8, 4) is 0 Å². The van der Waals surface area contributed by atoms with Crippen LogP contribution in [0.3, 0.4) is 0 Å². The average Bonchev–Trinajstić information content (AvgIpc) is 2.88. The van der Waals surface area contributed by atoms with Crippen LogP contribution in [0.15, 0.2) is 28.8 Å². The Balaban J connectivity index is 2.09. The lowest BCUT2D eigenvalue weighted by Gasteiger charge is -2.18. The topological polar surface area (TPSA) is 51.0 Å². The van der Waals surface area contributed by atoms with E-state index in [-0.39, 0.29) is 11.7 Å². The highest BCUT2D eigenvalue weighted by molar-refractivity contribution is 5.19. The maximum absolute atomic E-state index is 13.1. The second-order valence-electron chi connectivity index (χ2n) is 4.95. The molecule has 0 aliphatic heterocycles. The molecule has 0 amide bonds. The van der Waals surface area contributed by atoms with Crippen LogP contribution in [0.25, 0.3) is 0 Å². The van der Waals surface area contributed by atoms with Crippen LogP contribution >= 0.6 is 0 Å². The van der Waals surface area contributed by atoms with Crippen LogP contribution in [0.5, 0.6) is 0 Å². The molecule has 0 fully saturated rings. The fourth-order valence-electron chi connectivity index (χ4n) is 2.33. The number of aromatic nitrogens is 2. The largest absolute Gasteiger partial charge is 0.339 e. The van der Waals surface area contributed by atoms with Crippen molar-refractivity contribution in [2.45, 2.75) is 38.6 Å². The molecule has 0 bridgehead atoms. The summed E-state index contributed by atoms with van der Waals surface area (Å²) in [5, 5.41) is 7.22. The van der Waals surface area contributed by atoms with Crippen LogP contribution in [0, 0.1) is 5.82 Å². The minimum Gasteiger partial charge on any atom is -0.339 e. The Morgan fingerprint density at radius 2 is 2.20 bits per heavy atom. The van der Waals surface area contributed by atoms with E-state index in [1.165, 1.54) is 12.1 Å². The first-order valence-corrected chi connectivity index (χ1v) is 6.88. The highest BCUT2D eigenvalue weighted by atomic mass is 19.1. The molecule has 1 aromatic carbocycles. The van der Waals surface area contributed by atoms with Gasteiger partial charge in [0.1, 0.15) is 5.82 Å². The number of hydrogen-bond acceptors (Lipinski definition) is 4. The molecular formula is C15H20FN3O. The standard InChI is InChI=1S/C15H20FN3O/c1-4-13(17-3)10(2)15-18-14(19-20-15)9-11-6-5-7-12(16)8-11/h5-8,10,13,17H,4,9H2,1-3H3. The van der Waals surface area contributed by atoms with Gasteiger partial charge in [-0.05, 0) is 31.2 Å². The Morgan fingerprint density at radius 3 is 2.85 bits per heavy atom. The Labute approximate surface area is 118 Å². The van der Waals surface area contributed by atoms with Gasteiger partial charge in [0, 0.05) is 12.5 Å². The molecule has 1 N–H and O–H groups in total. The molecule has 4 nitrogen and oxygen atoms in total. The monoisotopic (exact) mass is 277 g/mol. The summed E-state index contributed by atoms with van der Waals surface area (Å²) >= 11 is 0. The number of nitrogens with zero attached hydrogens (tertiary/aromatic N) is 2. The van der Waals surface area contributed by atoms with E-state index in [0.29, 0.717) is 24.2 Å². The van der Waals surface area contributed by atoms with Gasteiger partial charge >= 0.3 is 0 Å². The third-order valence-electron chi connectivity index (χ3n) is 3.54. The highest BCUT2D eigenvalue weighted by Crippen LogP contribution is 2.20. The van der Waals surface area contributed by atoms with Gasteiger partial charge in [-0.2, -0.15) is 4.98 Å². The minimum atomic E-state index is -0.249. The zero-order chi connectivity index (χ0) is 14.5. The van der Waals surface area contributed by atoms with Gasteiger partial charge in [-0.15, -0.1) is 0 Å². The molecule has 0 saturated carbocycles. The predicted molar refractivity (Wildman–Crippen MR) is 75.1 cm³/mol. The summed E-state index contributed by atoms with van der Waals surface area (Å²) in [6.07, 6.45) is 1.46. The summed E-state index contributed by atoms with van der Waals surface area (Å²) in [4.78, 5) is 4.41. The lowest BCUT2D eigenvalue weighted by atomic mass is 10.00. The molecule has 5 heteroatoms. The molecule has 2 unspecified atom stereocenters. The van der Waals surface area contributed by atoms with Crippen LogP contribution in [-0.4, -0.2) is 23.2 Å². The van der Waals surface area contributed by atoms with E-state index in [9.17, 15) is 4.39 Å². The van der Waals surface area contributed by atoms with E-state index in [2.05, 4.69) is 29.3 Å². The number of nitrogens with one attached hydrogen (secondary N) is 1. The lowest BCUT2D eigenvalue weighted by molar-refractivity contribution is 0.324. The summed E-state index contributed by atoms with van der Waals surface area (Å²) in [5.74, 6) is 1.11. The van der Waals surface area contributed by atoms with Gasteiger partial charge in [0.25, 0.3) is 0 Å². The van der Waals surface area contributed by atoms with Crippen molar-refractivity contribution in [1.82, 2.24) is 15.5 Å². The molecule has 1 aromatic heterocycles. The van der Waals surface area contributed by atoms with E-state index in [0.717, 1.165) is 12.0 Å². The first-order chi connectivity index (χ1) is 9.63. The lowest BCUT2D eigenvalue weighted by Crippen LogP contribution is -2.30. The molecule has 1 heterocycles. The van der Waals surface area contributed by atoms with Crippen LogP contribution in [-0.2, 0) is 6.42 Å². The first-order valence-electron chi connectivity index (χ1n) is 6.88.